The maximum absolute atomic E-state index is 12.9. The molecule has 2 N–H and O–H groups in total. The van der Waals surface area contributed by atoms with E-state index in [0.717, 1.165) is 28.0 Å². The van der Waals surface area contributed by atoms with Crippen molar-refractivity contribution in [3.05, 3.63) is 70.4 Å². The molecule has 7 nitrogen and oxygen atoms in total. The first-order valence-electron chi connectivity index (χ1n) is 12.3. The molecule has 37 heavy (non-hydrogen) atoms. The highest BCUT2D eigenvalue weighted by Gasteiger charge is 2.22. The summed E-state index contributed by atoms with van der Waals surface area (Å²) in [5, 5.41) is 0.648. The normalized spacial score (nSPS) is 13.4. The van der Waals surface area contributed by atoms with Crippen molar-refractivity contribution in [2.45, 2.75) is 47.5 Å². The Morgan fingerprint density at radius 3 is 2.41 bits per heavy atom. The summed E-state index contributed by atoms with van der Waals surface area (Å²) in [6, 6.07) is 8.88. The van der Waals surface area contributed by atoms with Crippen LogP contribution in [-0.4, -0.2) is 36.0 Å². The van der Waals surface area contributed by atoms with E-state index in [1.807, 2.05) is 26.0 Å². The highest BCUT2D eigenvalue weighted by molar-refractivity contribution is 6.02. The highest BCUT2D eigenvalue weighted by Crippen LogP contribution is 2.35. The van der Waals surface area contributed by atoms with E-state index in [1.54, 1.807) is 24.4 Å². The zero-order valence-corrected chi connectivity index (χ0v) is 22.3. The van der Waals surface area contributed by atoms with Gasteiger partial charge in [-0.3, -0.25) is 19.6 Å². The van der Waals surface area contributed by atoms with Gasteiger partial charge >= 0.3 is 0 Å². The number of Topliss-reactive ketones (excluding diaryl/α,β-unsaturated/α-hetero) is 1. The van der Waals surface area contributed by atoms with E-state index in [2.05, 4.69) is 36.8 Å². The topological polar surface area (TPSA) is 104 Å². The Labute approximate surface area is 217 Å². The number of hydrogen-bond acceptors (Lipinski definition) is 6. The van der Waals surface area contributed by atoms with Gasteiger partial charge in [-0.15, -0.1) is 0 Å². The lowest BCUT2D eigenvalue weighted by Crippen LogP contribution is -2.16. The number of hydrogen-bond donors (Lipinski definition) is 1. The largest absolute Gasteiger partial charge is 0.496 e. The van der Waals surface area contributed by atoms with Crippen LogP contribution in [0.25, 0.3) is 10.9 Å². The molecule has 1 aliphatic heterocycles. The van der Waals surface area contributed by atoms with Gasteiger partial charge in [0.1, 0.15) is 23.0 Å². The molecule has 7 heteroatoms. The average molecular weight is 500 g/mol. The summed E-state index contributed by atoms with van der Waals surface area (Å²) in [6.07, 6.45) is 4.48. The second-order valence-corrected chi connectivity index (χ2v) is 10.5. The van der Waals surface area contributed by atoms with E-state index < -0.39 is 5.91 Å². The molecule has 0 bridgehead atoms. The number of benzene rings is 2. The number of nitrogens with two attached hydrogens (primary N) is 1. The van der Waals surface area contributed by atoms with Crippen LogP contribution >= 0.6 is 0 Å². The molecule has 1 amide bonds. The van der Waals surface area contributed by atoms with E-state index in [1.165, 1.54) is 7.11 Å². The number of aromatic nitrogens is 1. The van der Waals surface area contributed by atoms with Gasteiger partial charge in [0.15, 0.2) is 0 Å². The van der Waals surface area contributed by atoms with Gasteiger partial charge in [0.25, 0.3) is 5.91 Å². The van der Waals surface area contributed by atoms with Crippen molar-refractivity contribution in [1.82, 2.24) is 4.98 Å². The third-order valence-corrected chi connectivity index (χ3v) is 6.73. The number of aliphatic imine (C=N–C) groups is 1. The number of allylic oxidation sites excluding steroid dienone is 1. The van der Waals surface area contributed by atoms with Gasteiger partial charge in [0.2, 0.25) is 0 Å². The zero-order chi connectivity index (χ0) is 26.9. The Hall–Kier alpha value is -4.00. The van der Waals surface area contributed by atoms with Gasteiger partial charge in [-0.25, -0.2) is 0 Å². The molecule has 0 saturated carbocycles. The standard InChI is InChI=1S/C30H33N3O4/c1-17-18(2)25(8-7-20(17)13-21(34)11-19-12-28(33-16-19)30(3,4)5)37-26-9-10-32-24-15-27(36-6)23(29(31)35)14-22(24)26/h7-10,12,14-15H,11,13,16H2,1-6H3,(H2,31,35). The molecule has 1 aliphatic rings. The van der Waals surface area contributed by atoms with Crippen LogP contribution in [0.3, 0.4) is 0 Å². The first kappa shape index (κ1) is 26.1. The second kappa shape index (κ2) is 10.2. The third-order valence-electron chi connectivity index (χ3n) is 6.73. The summed E-state index contributed by atoms with van der Waals surface area (Å²) < 4.78 is 11.6. The van der Waals surface area contributed by atoms with Crippen molar-refractivity contribution in [3.63, 3.8) is 0 Å². The average Bonchev–Trinajstić information content (AvgIpc) is 3.32. The van der Waals surface area contributed by atoms with Crippen molar-refractivity contribution < 1.29 is 19.1 Å². The van der Waals surface area contributed by atoms with E-state index in [0.29, 0.717) is 47.5 Å². The minimum absolute atomic E-state index is 0.0120. The number of nitrogens with zero attached hydrogens (tertiary/aromatic N) is 2. The quantitative estimate of drug-likeness (QED) is 0.429. The molecule has 4 rings (SSSR count). The summed E-state index contributed by atoms with van der Waals surface area (Å²) in [4.78, 5) is 33.8. The lowest BCUT2D eigenvalue weighted by atomic mass is 9.89. The maximum atomic E-state index is 12.9. The molecule has 3 aromatic rings. The lowest BCUT2D eigenvalue weighted by molar-refractivity contribution is -0.117. The molecule has 0 saturated heterocycles. The predicted octanol–water partition coefficient (Wildman–Crippen LogP) is 5.68. The van der Waals surface area contributed by atoms with Gasteiger partial charge in [0, 0.05) is 41.6 Å². The minimum Gasteiger partial charge on any atom is -0.496 e. The number of ketones is 1. The second-order valence-electron chi connectivity index (χ2n) is 10.5. The molecule has 192 valence electrons. The van der Waals surface area contributed by atoms with Gasteiger partial charge in [-0.2, -0.15) is 0 Å². The molecule has 0 atom stereocenters. The Kier molecular flexibility index (Phi) is 7.16. The van der Waals surface area contributed by atoms with E-state index in [4.69, 9.17) is 15.2 Å². The summed E-state index contributed by atoms with van der Waals surface area (Å²) in [5.74, 6) is 1.15. The zero-order valence-electron chi connectivity index (χ0n) is 22.3. The first-order chi connectivity index (χ1) is 17.5. The van der Waals surface area contributed by atoms with Crippen LogP contribution in [-0.2, 0) is 11.2 Å². The molecule has 0 fully saturated rings. The van der Waals surface area contributed by atoms with Crippen molar-refractivity contribution >= 4 is 28.3 Å². The van der Waals surface area contributed by atoms with Crippen LogP contribution in [0.4, 0.5) is 0 Å². The number of primary amides is 1. The van der Waals surface area contributed by atoms with E-state index in [-0.39, 0.29) is 16.8 Å². The summed E-state index contributed by atoms with van der Waals surface area (Å²) in [7, 11) is 1.48. The van der Waals surface area contributed by atoms with Crippen LogP contribution in [0.2, 0.25) is 0 Å². The fourth-order valence-corrected chi connectivity index (χ4v) is 4.43. The fourth-order valence-electron chi connectivity index (χ4n) is 4.43. The number of rotatable bonds is 8. The monoisotopic (exact) mass is 499 g/mol. The molecule has 2 heterocycles. The maximum Gasteiger partial charge on any atom is 0.252 e. The molecular weight excluding hydrogens is 466 g/mol. The smallest absolute Gasteiger partial charge is 0.252 e. The number of amides is 1. The van der Waals surface area contributed by atoms with Crippen LogP contribution in [0.5, 0.6) is 17.2 Å². The van der Waals surface area contributed by atoms with Gasteiger partial charge in [0.05, 0.1) is 24.7 Å². The van der Waals surface area contributed by atoms with Gasteiger partial charge < -0.3 is 15.2 Å². The van der Waals surface area contributed by atoms with E-state index in [9.17, 15) is 9.59 Å². The molecule has 0 aliphatic carbocycles. The van der Waals surface area contributed by atoms with Crippen molar-refractivity contribution in [2.24, 2.45) is 16.1 Å². The third kappa shape index (κ3) is 5.56. The number of fused-ring (bicyclic) bond motifs is 1. The van der Waals surface area contributed by atoms with E-state index >= 15 is 0 Å². The predicted molar refractivity (Wildman–Crippen MR) is 146 cm³/mol. The van der Waals surface area contributed by atoms with Crippen molar-refractivity contribution in [2.75, 3.05) is 13.7 Å². The molecule has 0 spiro atoms. The number of carbonyl (C=O) groups excluding carboxylic acids is 2. The Bertz CT molecular complexity index is 1460. The first-order valence-corrected chi connectivity index (χ1v) is 12.3. The SMILES string of the molecule is COc1cc2nccc(Oc3ccc(CC(=O)CC4=CC(C(C)(C)C)=NC4)c(C)c3C)c2cc1C(N)=O. The van der Waals surface area contributed by atoms with Gasteiger partial charge in [-0.1, -0.05) is 26.8 Å². The van der Waals surface area contributed by atoms with Gasteiger partial charge in [-0.05, 0) is 60.4 Å². The van der Waals surface area contributed by atoms with Crippen LogP contribution in [0.1, 0.15) is 54.2 Å². The molecule has 0 unspecified atom stereocenters. The number of methoxy groups -OCH3 is 1. The number of carbonyl (C=O) groups is 2. The van der Waals surface area contributed by atoms with Crippen LogP contribution in [0.15, 0.2) is 53.2 Å². The molecule has 2 aromatic carbocycles. The number of ether oxygens (including phenoxy) is 2. The summed E-state index contributed by atoms with van der Waals surface area (Å²) in [5.41, 5.74) is 11.5. The fraction of sp³-hybridized carbons (Fsp3) is 0.333. The number of pyridine rings is 1. The Morgan fingerprint density at radius 2 is 1.76 bits per heavy atom. The van der Waals surface area contributed by atoms with Crippen LogP contribution < -0.4 is 15.2 Å². The lowest BCUT2D eigenvalue weighted by Gasteiger charge is -2.16. The minimum atomic E-state index is -0.593. The summed E-state index contributed by atoms with van der Waals surface area (Å²) >= 11 is 0. The molecular formula is C30H33N3O4. The Balaban J connectivity index is 1.54. The molecule has 0 radical (unpaired) electrons. The Morgan fingerprint density at radius 1 is 1.00 bits per heavy atom. The summed E-state index contributed by atoms with van der Waals surface area (Å²) in [6.45, 7) is 11.0. The molecule has 1 aromatic heterocycles. The van der Waals surface area contributed by atoms with Crippen molar-refractivity contribution in [1.29, 1.82) is 0 Å². The highest BCUT2D eigenvalue weighted by atomic mass is 16.5. The van der Waals surface area contributed by atoms with Crippen molar-refractivity contribution in [3.8, 4) is 17.2 Å². The van der Waals surface area contributed by atoms with Crippen LogP contribution in [0, 0.1) is 19.3 Å².